The van der Waals surface area contributed by atoms with Crippen LogP contribution < -0.4 is 9.62 Å². The van der Waals surface area contributed by atoms with Crippen molar-refractivity contribution in [1.82, 2.24) is 15.3 Å². The Bertz CT molecular complexity index is 2050. The fraction of sp³-hybridized carbons (Fsp3) is 0.125. The second-order valence-corrected chi connectivity index (χ2v) is 11.3. The molecular weight excluding hydrogens is 574 g/mol. The van der Waals surface area contributed by atoms with Crippen molar-refractivity contribution in [3.05, 3.63) is 95.6 Å². The SMILES string of the molecule is CNC(=O)c1c(-c2ccc(F)cc2)oc2cc(N(C)S(C)=O)c(-c3ccc(CO)c(-c4cc5c(F)cccc5[nH]4)n3)cc12. The summed E-state index contributed by atoms with van der Waals surface area (Å²) < 4.78 is 48.6. The molecule has 3 aromatic heterocycles. The molecule has 0 saturated carbocycles. The number of carbonyl (C=O) groups is 1. The number of anilines is 1. The molecule has 43 heavy (non-hydrogen) atoms. The van der Waals surface area contributed by atoms with Gasteiger partial charge in [-0.2, -0.15) is 0 Å². The van der Waals surface area contributed by atoms with E-state index >= 15 is 0 Å². The van der Waals surface area contributed by atoms with E-state index in [1.807, 2.05) is 0 Å². The van der Waals surface area contributed by atoms with Gasteiger partial charge in [0.1, 0.15) is 34.0 Å². The van der Waals surface area contributed by atoms with Crippen molar-refractivity contribution in [3.63, 3.8) is 0 Å². The van der Waals surface area contributed by atoms with Crippen molar-refractivity contribution in [2.45, 2.75) is 6.61 Å². The molecule has 0 fully saturated rings. The predicted molar refractivity (Wildman–Crippen MR) is 164 cm³/mol. The maximum absolute atomic E-state index is 14.5. The zero-order valence-electron chi connectivity index (χ0n) is 23.4. The molecule has 3 N–H and O–H groups in total. The van der Waals surface area contributed by atoms with Gasteiger partial charge in [0.25, 0.3) is 5.91 Å². The molecule has 3 aromatic carbocycles. The van der Waals surface area contributed by atoms with Gasteiger partial charge in [-0.25, -0.2) is 18.0 Å². The van der Waals surface area contributed by atoms with Gasteiger partial charge in [-0.05, 0) is 54.6 Å². The number of furan rings is 1. The van der Waals surface area contributed by atoms with Crippen LogP contribution in [0.25, 0.3) is 55.8 Å². The Morgan fingerprint density at radius 1 is 1.07 bits per heavy atom. The zero-order valence-corrected chi connectivity index (χ0v) is 24.2. The van der Waals surface area contributed by atoms with E-state index in [0.717, 1.165) is 0 Å². The fourth-order valence-corrected chi connectivity index (χ4v) is 5.56. The van der Waals surface area contributed by atoms with Crippen molar-refractivity contribution in [2.24, 2.45) is 0 Å². The Labute approximate surface area is 247 Å². The quantitative estimate of drug-likeness (QED) is 0.203. The lowest BCUT2D eigenvalue weighted by Crippen LogP contribution is -2.20. The monoisotopic (exact) mass is 600 g/mol. The van der Waals surface area contributed by atoms with Crippen LogP contribution >= 0.6 is 0 Å². The highest BCUT2D eigenvalue weighted by Gasteiger charge is 2.25. The Kier molecular flexibility index (Phi) is 7.28. The number of aromatic amines is 1. The number of rotatable bonds is 7. The van der Waals surface area contributed by atoms with E-state index in [1.54, 1.807) is 53.8 Å². The standard InChI is InChI=1S/C32H26F2N4O4S/c1-35-32(40)29-22-13-21(27(38(2)43(3)41)15-28(22)42-31(29)17-7-10-19(33)11-8-17)25-12-9-18(16-39)30(37-25)26-14-20-23(34)5-4-6-24(20)36-26/h4-15,36,39H,16H2,1-3H3,(H,35,40). The maximum Gasteiger partial charge on any atom is 0.255 e. The van der Waals surface area contributed by atoms with Crippen LogP contribution in [0.2, 0.25) is 0 Å². The minimum atomic E-state index is -1.44. The van der Waals surface area contributed by atoms with Crippen LogP contribution in [-0.4, -0.2) is 45.5 Å². The number of aliphatic hydroxyl groups is 1. The number of hydrogen-bond donors (Lipinski definition) is 3. The van der Waals surface area contributed by atoms with E-state index in [1.165, 1.54) is 43.6 Å². The molecule has 1 atom stereocenters. The number of fused-ring (bicyclic) bond motifs is 2. The highest BCUT2D eigenvalue weighted by molar-refractivity contribution is 7.85. The number of nitrogens with one attached hydrogen (secondary N) is 2. The van der Waals surface area contributed by atoms with Crippen LogP contribution in [0.5, 0.6) is 0 Å². The number of hydrogen-bond acceptors (Lipinski definition) is 5. The van der Waals surface area contributed by atoms with E-state index < -0.39 is 22.7 Å². The summed E-state index contributed by atoms with van der Waals surface area (Å²) in [5, 5.41) is 13.6. The molecular formula is C32H26F2N4O4S. The maximum atomic E-state index is 14.5. The molecule has 0 aliphatic rings. The average Bonchev–Trinajstić information content (AvgIpc) is 3.62. The number of pyridine rings is 1. The molecule has 0 saturated heterocycles. The summed E-state index contributed by atoms with van der Waals surface area (Å²) in [6.07, 6.45) is 1.53. The molecule has 0 aliphatic carbocycles. The van der Waals surface area contributed by atoms with Gasteiger partial charge in [-0.15, -0.1) is 0 Å². The van der Waals surface area contributed by atoms with E-state index in [0.29, 0.717) is 61.3 Å². The largest absolute Gasteiger partial charge is 0.455 e. The Morgan fingerprint density at radius 3 is 2.51 bits per heavy atom. The summed E-state index contributed by atoms with van der Waals surface area (Å²) in [5.41, 5.74) is 4.61. The van der Waals surface area contributed by atoms with Crippen LogP contribution in [0.1, 0.15) is 15.9 Å². The summed E-state index contributed by atoms with van der Waals surface area (Å²) in [4.78, 5) is 21.2. The summed E-state index contributed by atoms with van der Waals surface area (Å²) in [7, 11) is 1.72. The van der Waals surface area contributed by atoms with Gasteiger partial charge in [-0.1, -0.05) is 12.1 Å². The summed E-state index contributed by atoms with van der Waals surface area (Å²) in [6.45, 7) is -0.311. The average molecular weight is 601 g/mol. The topological polar surface area (TPSA) is 111 Å². The number of carbonyl (C=O) groups excluding carboxylic acids is 1. The van der Waals surface area contributed by atoms with E-state index in [2.05, 4.69) is 10.3 Å². The summed E-state index contributed by atoms with van der Waals surface area (Å²) >= 11 is 0. The number of H-pyrrole nitrogens is 1. The number of aromatic nitrogens is 2. The molecule has 6 rings (SSSR count). The van der Waals surface area contributed by atoms with Crippen molar-refractivity contribution < 1.29 is 27.3 Å². The molecule has 0 aliphatic heterocycles. The van der Waals surface area contributed by atoms with Crippen LogP contribution in [-0.2, 0) is 17.6 Å². The number of amides is 1. The molecule has 218 valence electrons. The zero-order chi connectivity index (χ0) is 30.4. The molecule has 6 aromatic rings. The smallest absolute Gasteiger partial charge is 0.255 e. The first-order chi connectivity index (χ1) is 20.7. The first-order valence-corrected chi connectivity index (χ1v) is 14.8. The number of aliphatic hydroxyl groups excluding tert-OH is 1. The van der Waals surface area contributed by atoms with Gasteiger partial charge < -0.3 is 19.8 Å². The molecule has 1 amide bonds. The lowest BCUT2D eigenvalue weighted by Gasteiger charge is -2.20. The molecule has 3 heterocycles. The molecule has 0 radical (unpaired) electrons. The van der Waals surface area contributed by atoms with Crippen LogP contribution in [0.4, 0.5) is 14.5 Å². The Balaban J connectivity index is 1.62. The van der Waals surface area contributed by atoms with Gasteiger partial charge in [0, 0.05) is 59.4 Å². The normalized spacial score (nSPS) is 12.1. The second kappa shape index (κ2) is 11.1. The third-order valence-corrected chi connectivity index (χ3v) is 8.35. The van der Waals surface area contributed by atoms with E-state index in [4.69, 9.17) is 9.40 Å². The lowest BCUT2D eigenvalue weighted by molar-refractivity contribution is 0.0964. The van der Waals surface area contributed by atoms with Crippen molar-refractivity contribution >= 4 is 44.5 Å². The van der Waals surface area contributed by atoms with Crippen LogP contribution in [0.15, 0.2) is 77.2 Å². The minimum absolute atomic E-state index is 0.246. The molecule has 0 spiro atoms. The van der Waals surface area contributed by atoms with Crippen LogP contribution in [0, 0.1) is 11.6 Å². The number of nitrogens with zero attached hydrogens (tertiary/aromatic N) is 2. The molecule has 11 heteroatoms. The van der Waals surface area contributed by atoms with E-state index in [-0.39, 0.29) is 23.7 Å². The van der Waals surface area contributed by atoms with Gasteiger partial charge in [0.15, 0.2) is 0 Å². The Hall–Kier alpha value is -4.87. The first-order valence-electron chi connectivity index (χ1n) is 13.2. The molecule has 8 nitrogen and oxygen atoms in total. The first kappa shape index (κ1) is 28.3. The minimum Gasteiger partial charge on any atom is -0.455 e. The predicted octanol–water partition coefficient (Wildman–Crippen LogP) is 6.17. The third-order valence-electron chi connectivity index (χ3n) is 7.38. The van der Waals surface area contributed by atoms with Gasteiger partial charge in [-0.3, -0.25) is 9.10 Å². The van der Waals surface area contributed by atoms with Crippen molar-refractivity contribution in [1.29, 1.82) is 0 Å². The number of benzene rings is 3. The molecule has 0 bridgehead atoms. The van der Waals surface area contributed by atoms with Gasteiger partial charge in [0.2, 0.25) is 0 Å². The van der Waals surface area contributed by atoms with Crippen molar-refractivity contribution in [2.75, 3.05) is 24.7 Å². The second-order valence-electron chi connectivity index (χ2n) is 9.93. The fourth-order valence-electron chi connectivity index (χ4n) is 5.14. The van der Waals surface area contributed by atoms with Gasteiger partial charge in [0.05, 0.1) is 34.9 Å². The van der Waals surface area contributed by atoms with Gasteiger partial charge >= 0.3 is 0 Å². The van der Waals surface area contributed by atoms with Crippen molar-refractivity contribution in [3.8, 4) is 34.0 Å². The van der Waals surface area contributed by atoms with E-state index in [9.17, 15) is 22.9 Å². The summed E-state index contributed by atoms with van der Waals surface area (Å²) in [6, 6.07) is 18.8. The molecule has 1 unspecified atom stereocenters. The highest BCUT2D eigenvalue weighted by atomic mass is 32.2. The number of halogens is 2. The Morgan fingerprint density at radius 2 is 1.84 bits per heavy atom. The summed E-state index contributed by atoms with van der Waals surface area (Å²) in [5.74, 6) is -0.973. The third kappa shape index (κ3) is 4.96. The lowest BCUT2D eigenvalue weighted by atomic mass is 10.00. The van der Waals surface area contributed by atoms with Crippen LogP contribution in [0.3, 0.4) is 0 Å². The highest BCUT2D eigenvalue weighted by Crippen LogP contribution is 2.41.